The molecule has 0 amide bonds. The second-order valence-electron chi connectivity index (χ2n) is 3.15. The fraction of sp³-hybridized carbons (Fsp3) is 0.0909. The molecule has 1 atom stereocenters. The smallest absolute Gasteiger partial charge is 0.0843 e. The molecule has 1 heterocycles. The largest absolute Gasteiger partial charge is 0.131 e. The van der Waals surface area contributed by atoms with Crippen molar-refractivity contribution in [1.82, 2.24) is 0 Å². The molecule has 0 aliphatic rings. The Morgan fingerprint density at radius 2 is 1.88 bits per heavy atom. The van der Waals surface area contributed by atoms with Gasteiger partial charge in [0.05, 0.1) is 8.61 Å². The zero-order valence-corrected chi connectivity index (χ0v) is 14.2. The van der Waals surface area contributed by atoms with E-state index in [-0.39, 0.29) is 4.83 Å². The van der Waals surface area contributed by atoms with Crippen molar-refractivity contribution in [2.75, 3.05) is 0 Å². The Kier molecular flexibility index (Phi) is 4.52. The van der Waals surface area contributed by atoms with Crippen LogP contribution in [0.2, 0.25) is 5.02 Å². The molecule has 0 aliphatic heterocycles. The van der Waals surface area contributed by atoms with Gasteiger partial charge in [-0.05, 0) is 49.6 Å². The maximum atomic E-state index is 6.17. The Bertz CT molecular complexity index is 490. The van der Waals surface area contributed by atoms with E-state index in [4.69, 9.17) is 11.6 Å². The van der Waals surface area contributed by atoms with Crippen LogP contribution in [-0.2, 0) is 0 Å². The first-order valence-electron chi connectivity index (χ1n) is 4.43. The SMILES string of the molecule is Clc1ccccc1C(Br)c1cc(Br)c(Br)s1. The van der Waals surface area contributed by atoms with Crippen molar-refractivity contribution in [2.24, 2.45) is 0 Å². The summed E-state index contributed by atoms with van der Waals surface area (Å²) < 4.78 is 2.17. The van der Waals surface area contributed by atoms with Crippen molar-refractivity contribution in [3.63, 3.8) is 0 Å². The molecule has 0 aliphatic carbocycles. The van der Waals surface area contributed by atoms with Crippen LogP contribution in [0.25, 0.3) is 0 Å². The minimum atomic E-state index is 0.133. The highest BCUT2D eigenvalue weighted by atomic mass is 79.9. The molecule has 1 aromatic carbocycles. The third-order valence-corrected chi connectivity index (χ3v) is 7.05. The minimum absolute atomic E-state index is 0.133. The second kappa shape index (κ2) is 5.53. The van der Waals surface area contributed by atoms with E-state index in [1.54, 1.807) is 11.3 Å². The number of thiophene rings is 1. The predicted molar refractivity (Wildman–Crippen MR) is 81.9 cm³/mol. The highest BCUT2D eigenvalue weighted by molar-refractivity contribution is 9.13. The first-order valence-corrected chi connectivity index (χ1v) is 8.12. The molecule has 0 nitrogen and oxygen atoms in total. The average molecular weight is 445 g/mol. The van der Waals surface area contributed by atoms with Crippen molar-refractivity contribution in [1.29, 1.82) is 0 Å². The lowest BCUT2D eigenvalue weighted by atomic mass is 10.1. The molecule has 1 aromatic heterocycles. The van der Waals surface area contributed by atoms with Gasteiger partial charge in [0.1, 0.15) is 0 Å². The Hall–Kier alpha value is 0.650. The van der Waals surface area contributed by atoms with Crippen molar-refractivity contribution < 1.29 is 0 Å². The van der Waals surface area contributed by atoms with Gasteiger partial charge in [0.15, 0.2) is 0 Å². The van der Waals surface area contributed by atoms with Crippen molar-refractivity contribution in [3.05, 3.63) is 54.1 Å². The number of benzene rings is 1. The van der Waals surface area contributed by atoms with E-state index in [0.717, 1.165) is 18.8 Å². The van der Waals surface area contributed by atoms with E-state index in [0.29, 0.717) is 0 Å². The van der Waals surface area contributed by atoms with Crippen LogP contribution in [0, 0.1) is 0 Å². The number of alkyl halides is 1. The van der Waals surface area contributed by atoms with Gasteiger partial charge in [-0.3, -0.25) is 0 Å². The van der Waals surface area contributed by atoms with Gasteiger partial charge in [-0.25, -0.2) is 0 Å². The summed E-state index contributed by atoms with van der Waals surface area (Å²) in [6.45, 7) is 0. The maximum absolute atomic E-state index is 6.17. The normalized spacial score (nSPS) is 12.8. The summed E-state index contributed by atoms with van der Waals surface area (Å²) in [6.07, 6.45) is 0. The number of rotatable bonds is 2. The van der Waals surface area contributed by atoms with Gasteiger partial charge in [-0.1, -0.05) is 45.7 Å². The summed E-state index contributed by atoms with van der Waals surface area (Å²) in [6, 6.07) is 9.96. The van der Waals surface area contributed by atoms with Crippen LogP contribution >= 0.6 is 70.7 Å². The summed E-state index contributed by atoms with van der Waals surface area (Å²) in [5, 5.41) is 0.782. The van der Waals surface area contributed by atoms with Gasteiger partial charge in [-0.2, -0.15) is 0 Å². The van der Waals surface area contributed by atoms with E-state index in [1.807, 2.05) is 24.3 Å². The number of hydrogen-bond acceptors (Lipinski definition) is 1. The van der Waals surface area contributed by atoms with E-state index < -0.39 is 0 Å². The Morgan fingerprint density at radius 1 is 1.19 bits per heavy atom. The van der Waals surface area contributed by atoms with E-state index in [1.165, 1.54) is 4.88 Å². The van der Waals surface area contributed by atoms with Crippen LogP contribution in [0.1, 0.15) is 15.3 Å². The maximum Gasteiger partial charge on any atom is 0.0843 e. The first-order chi connectivity index (χ1) is 7.59. The lowest BCUT2D eigenvalue weighted by molar-refractivity contribution is 1.22. The van der Waals surface area contributed by atoms with Gasteiger partial charge in [-0.15, -0.1) is 11.3 Å². The molecule has 0 saturated carbocycles. The molecular formula is C11H6Br3ClS. The van der Waals surface area contributed by atoms with Crippen molar-refractivity contribution in [3.8, 4) is 0 Å². The number of hydrogen-bond donors (Lipinski definition) is 0. The molecule has 2 rings (SSSR count). The molecule has 5 heteroatoms. The van der Waals surface area contributed by atoms with Crippen LogP contribution in [0.5, 0.6) is 0 Å². The van der Waals surface area contributed by atoms with E-state index in [2.05, 4.69) is 53.9 Å². The number of halogens is 4. The first kappa shape index (κ1) is 13.1. The van der Waals surface area contributed by atoms with E-state index >= 15 is 0 Å². The van der Waals surface area contributed by atoms with Gasteiger partial charge in [0.25, 0.3) is 0 Å². The van der Waals surface area contributed by atoms with Crippen LogP contribution in [-0.4, -0.2) is 0 Å². The Balaban J connectivity index is 2.39. The average Bonchev–Trinajstić information content (AvgIpc) is 2.59. The fourth-order valence-electron chi connectivity index (χ4n) is 1.32. The minimum Gasteiger partial charge on any atom is -0.131 e. The second-order valence-corrected chi connectivity index (χ2v) is 7.73. The van der Waals surface area contributed by atoms with Gasteiger partial charge < -0.3 is 0 Å². The fourth-order valence-corrected chi connectivity index (χ4v) is 4.60. The molecule has 0 bridgehead atoms. The summed E-state index contributed by atoms with van der Waals surface area (Å²) in [7, 11) is 0. The molecule has 2 aromatic rings. The highest BCUT2D eigenvalue weighted by Gasteiger charge is 2.16. The molecule has 0 saturated heterocycles. The molecule has 0 fully saturated rings. The third kappa shape index (κ3) is 2.72. The highest BCUT2D eigenvalue weighted by Crippen LogP contribution is 2.42. The molecule has 0 N–H and O–H groups in total. The molecular weight excluding hydrogens is 439 g/mol. The van der Waals surface area contributed by atoms with Gasteiger partial charge in [0, 0.05) is 14.4 Å². The Morgan fingerprint density at radius 3 is 2.44 bits per heavy atom. The Labute approximate surface area is 128 Å². The standard InChI is InChI=1S/C11H6Br3ClS/c12-7-5-9(16-11(7)14)10(13)6-3-1-2-4-8(6)15/h1-5,10H. The zero-order valence-electron chi connectivity index (χ0n) is 7.88. The molecule has 16 heavy (non-hydrogen) atoms. The third-order valence-electron chi connectivity index (χ3n) is 2.09. The van der Waals surface area contributed by atoms with Crippen molar-refractivity contribution >= 4 is 70.7 Å². The summed E-state index contributed by atoms with van der Waals surface area (Å²) in [5.74, 6) is 0. The monoisotopic (exact) mass is 442 g/mol. The van der Waals surface area contributed by atoms with Crippen LogP contribution < -0.4 is 0 Å². The molecule has 1 unspecified atom stereocenters. The van der Waals surface area contributed by atoms with Gasteiger partial charge in [0.2, 0.25) is 0 Å². The molecule has 0 spiro atoms. The lowest BCUT2D eigenvalue weighted by Crippen LogP contribution is -1.90. The predicted octanol–water partition coefficient (Wildman–Crippen LogP) is 6.41. The summed E-state index contributed by atoms with van der Waals surface area (Å²) >= 11 is 18.5. The quantitative estimate of drug-likeness (QED) is 0.469. The summed E-state index contributed by atoms with van der Waals surface area (Å²) in [5.41, 5.74) is 1.09. The topological polar surface area (TPSA) is 0 Å². The van der Waals surface area contributed by atoms with Crippen molar-refractivity contribution in [2.45, 2.75) is 4.83 Å². The van der Waals surface area contributed by atoms with E-state index in [9.17, 15) is 0 Å². The molecule has 0 radical (unpaired) electrons. The van der Waals surface area contributed by atoms with Crippen LogP contribution in [0.15, 0.2) is 38.6 Å². The van der Waals surface area contributed by atoms with Crippen LogP contribution in [0.3, 0.4) is 0 Å². The zero-order chi connectivity index (χ0) is 11.7. The summed E-state index contributed by atoms with van der Waals surface area (Å²) in [4.78, 5) is 1.35. The van der Waals surface area contributed by atoms with Crippen LogP contribution in [0.4, 0.5) is 0 Å². The molecule has 84 valence electrons. The van der Waals surface area contributed by atoms with Gasteiger partial charge >= 0.3 is 0 Å². The lowest BCUT2D eigenvalue weighted by Gasteiger charge is -2.09.